The zero-order valence-corrected chi connectivity index (χ0v) is 13.1. The lowest BCUT2D eigenvalue weighted by Gasteiger charge is -2.06. The van der Waals surface area contributed by atoms with Crippen LogP contribution in [-0.2, 0) is 0 Å². The van der Waals surface area contributed by atoms with Crippen LogP contribution in [0.2, 0.25) is 0 Å². The Bertz CT molecular complexity index is 1030. The highest BCUT2D eigenvalue weighted by Gasteiger charge is 2.11. The van der Waals surface area contributed by atoms with Gasteiger partial charge in [-0.15, -0.1) is 0 Å². The van der Waals surface area contributed by atoms with Crippen LogP contribution in [0.1, 0.15) is 10.4 Å². The van der Waals surface area contributed by atoms with Gasteiger partial charge in [0, 0.05) is 22.0 Å². The number of hydrogen-bond donors (Lipinski definition) is 1. The molecule has 0 atom stereocenters. The maximum atomic E-state index is 12.5. The van der Waals surface area contributed by atoms with Gasteiger partial charge in [0.1, 0.15) is 16.9 Å². The van der Waals surface area contributed by atoms with E-state index in [9.17, 15) is 4.79 Å². The van der Waals surface area contributed by atoms with Gasteiger partial charge in [0.25, 0.3) is 5.91 Å². The molecule has 0 aliphatic rings. The summed E-state index contributed by atoms with van der Waals surface area (Å²) in [5.74, 6) is 0.589. The lowest BCUT2D eigenvalue weighted by Crippen LogP contribution is -2.11. The van der Waals surface area contributed by atoms with Crippen LogP contribution in [0.5, 0.6) is 5.75 Å². The van der Waals surface area contributed by atoms with Gasteiger partial charge >= 0.3 is 0 Å². The Morgan fingerprint density at radius 3 is 2.46 bits per heavy atom. The molecule has 1 N–H and O–H groups in total. The molecule has 1 heterocycles. The summed E-state index contributed by atoms with van der Waals surface area (Å²) in [5, 5.41) is 4.83. The first kappa shape index (κ1) is 14.3. The van der Waals surface area contributed by atoms with Gasteiger partial charge in [-0.3, -0.25) is 4.79 Å². The van der Waals surface area contributed by atoms with Crippen molar-refractivity contribution in [3.05, 3.63) is 72.3 Å². The second-order valence-corrected chi connectivity index (χ2v) is 5.49. The minimum Gasteiger partial charge on any atom is -0.497 e. The van der Waals surface area contributed by atoms with Crippen LogP contribution in [0.4, 0.5) is 5.69 Å². The molecular formula is C20H15NO3. The number of anilines is 1. The van der Waals surface area contributed by atoms with Crippen LogP contribution in [-0.4, -0.2) is 13.0 Å². The van der Waals surface area contributed by atoms with Crippen molar-refractivity contribution in [2.75, 3.05) is 12.4 Å². The van der Waals surface area contributed by atoms with E-state index in [1.54, 1.807) is 13.2 Å². The zero-order chi connectivity index (χ0) is 16.5. The number of rotatable bonds is 3. The molecule has 0 saturated carbocycles. The molecule has 0 fully saturated rings. The van der Waals surface area contributed by atoms with Crippen molar-refractivity contribution in [2.24, 2.45) is 0 Å². The Balaban J connectivity index is 1.67. The molecule has 4 heteroatoms. The molecule has 0 aliphatic heterocycles. The van der Waals surface area contributed by atoms with Crippen LogP contribution < -0.4 is 10.1 Å². The highest BCUT2D eigenvalue weighted by molar-refractivity contribution is 6.10. The number of para-hydroxylation sites is 1. The number of benzene rings is 3. The number of ether oxygens (including phenoxy) is 1. The van der Waals surface area contributed by atoms with Gasteiger partial charge < -0.3 is 14.5 Å². The van der Waals surface area contributed by atoms with Crippen LogP contribution in [0, 0.1) is 0 Å². The number of amides is 1. The molecule has 0 saturated heterocycles. The van der Waals surface area contributed by atoms with Crippen LogP contribution in [0.15, 0.2) is 71.1 Å². The first-order valence-electron chi connectivity index (χ1n) is 7.61. The Kier molecular flexibility index (Phi) is 3.43. The standard InChI is InChI=1S/C20H15NO3/c1-23-15-9-7-14(8-10-15)21-20(22)13-6-11-19-17(12-13)16-4-2-3-5-18(16)24-19/h2-12H,1H3,(H,21,22). The number of fused-ring (bicyclic) bond motifs is 3. The van der Waals surface area contributed by atoms with E-state index in [2.05, 4.69) is 5.32 Å². The van der Waals surface area contributed by atoms with E-state index >= 15 is 0 Å². The Morgan fingerprint density at radius 1 is 0.917 bits per heavy atom. The summed E-state index contributed by atoms with van der Waals surface area (Å²) in [6.07, 6.45) is 0. The summed E-state index contributed by atoms with van der Waals surface area (Å²) in [5.41, 5.74) is 2.90. The third kappa shape index (κ3) is 2.48. The van der Waals surface area contributed by atoms with Gasteiger partial charge in [0.2, 0.25) is 0 Å². The fourth-order valence-corrected chi connectivity index (χ4v) is 2.74. The lowest BCUT2D eigenvalue weighted by molar-refractivity contribution is 0.102. The molecule has 1 aromatic heterocycles. The van der Waals surface area contributed by atoms with Crippen molar-refractivity contribution in [2.45, 2.75) is 0 Å². The molecule has 0 bridgehead atoms. The van der Waals surface area contributed by atoms with Gasteiger partial charge in [0.05, 0.1) is 7.11 Å². The summed E-state index contributed by atoms with van der Waals surface area (Å²) in [4.78, 5) is 12.5. The van der Waals surface area contributed by atoms with Gasteiger partial charge in [0.15, 0.2) is 0 Å². The Morgan fingerprint density at radius 2 is 1.67 bits per heavy atom. The summed E-state index contributed by atoms with van der Waals surface area (Å²) in [6.45, 7) is 0. The SMILES string of the molecule is COc1ccc(NC(=O)c2ccc3oc4ccccc4c3c2)cc1. The van der Waals surface area contributed by atoms with Crippen LogP contribution >= 0.6 is 0 Å². The lowest BCUT2D eigenvalue weighted by atomic mass is 10.1. The maximum absolute atomic E-state index is 12.5. The summed E-state index contributed by atoms with van der Waals surface area (Å²) in [6, 6.07) is 20.5. The summed E-state index contributed by atoms with van der Waals surface area (Å²) >= 11 is 0. The number of furan rings is 1. The first-order valence-corrected chi connectivity index (χ1v) is 7.61. The average molecular weight is 317 g/mol. The number of nitrogens with one attached hydrogen (secondary N) is 1. The predicted molar refractivity (Wildman–Crippen MR) is 94.7 cm³/mol. The third-order valence-corrected chi connectivity index (χ3v) is 3.99. The maximum Gasteiger partial charge on any atom is 0.255 e. The van der Waals surface area contributed by atoms with Crippen LogP contribution in [0.25, 0.3) is 21.9 Å². The number of carbonyl (C=O) groups is 1. The molecule has 118 valence electrons. The second kappa shape index (κ2) is 5.74. The molecule has 0 aliphatic carbocycles. The molecule has 4 rings (SSSR count). The molecular weight excluding hydrogens is 302 g/mol. The largest absolute Gasteiger partial charge is 0.497 e. The van der Waals surface area contributed by atoms with E-state index in [1.807, 2.05) is 60.7 Å². The van der Waals surface area contributed by atoms with E-state index in [0.29, 0.717) is 5.56 Å². The van der Waals surface area contributed by atoms with Crippen molar-refractivity contribution >= 4 is 33.5 Å². The van der Waals surface area contributed by atoms with E-state index in [0.717, 1.165) is 33.4 Å². The normalized spacial score (nSPS) is 10.9. The monoisotopic (exact) mass is 317 g/mol. The minimum absolute atomic E-state index is 0.160. The fraction of sp³-hybridized carbons (Fsp3) is 0.0500. The highest BCUT2D eigenvalue weighted by Crippen LogP contribution is 2.29. The second-order valence-electron chi connectivity index (χ2n) is 5.49. The molecule has 0 spiro atoms. The van der Waals surface area contributed by atoms with Crippen molar-refractivity contribution < 1.29 is 13.9 Å². The van der Waals surface area contributed by atoms with Crippen molar-refractivity contribution in [1.82, 2.24) is 0 Å². The van der Waals surface area contributed by atoms with Crippen LogP contribution in [0.3, 0.4) is 0 Å². The summed E-state index contributed by atoms with van der Waals surface area (Å²) in [7, 11) is 1.61. The smallest absolute Gasteiger partial charge is 0.255 e. The fourth-order valence-electron chi connectivity index (χ4n) is 2.74. The average Bonchev–Trinajstić information content (AvgIpc) is 3.00. The number of carbonyl (C=O) groups excluding carboxylic acids is 1. The van der Waals surface area contributed by atoms with Crippen molar-refractivity contribution in [3.8, 4) is 5.75 Å². The molecule has 4 nitrogen and oxygen atoms in total. The summed E-state index contributed by atoms with van der Waals surface area (Å²) < 4.78 is 10.9. The van der Waals surface area contributed by atoms with Gasteiger partial charge in [-0.05, 0) is 48.5 Å². The third-order valence-electron chi connectivity index (χ3n) is 3.99. The van der Waals surface area contributed by atoms with Gasteiger partial charge in [-0.2, -0.15) is 0 Å². The quantitative estimate of drug-likeness (QED) is 0.588. The van der Waals surface area contributed by atoms with E-state index in [-0.39, 0.29) is 5.91 Å². The van der Waals surface area contributed by atoms with Crippen molar-refractivity contribution in [3.63, 3.8) is 0 Å². The molecule has 3 aromatic carbocycles. The molecule has 0 radical (unpaired) electrons. The molecule has 4 aromatic rings. The molecule has 0 unspecified atom stereocenters. The molecule has 1 amide bonds. The Hall–Kier alpha value is -3.27. The van der Waals surface area contributed by atoms with Crippen molar-refractivity contribution in [1.29, 1.82) is 0 Å². The Labute approximate surface area is 138 Å². The topological polar surface area (TPSA) is 51.5 Å². The first-order chi connectivity index (χ1) is 11.7. The van der Waals surface area contributed by atoms with E-state index in [1.165, 1.54) is 0 Å². The van der Waals surface area contributed by atoms with E-state index < -0.39 is 0 Å². The zero-order valence-electron chi connectivity index (χ0n) is 13.1. The number of hydrogen-bond acceptors (Lipinski definition) is 3. The van der Waals surface area contributed by atoms with Gasteiger partial charge in [-0.25, -0.2) is 0 Å². The number of methoxy groups -OCH3 is 1. The highest BCUT2D eigenvalue weighted by atomic mass is 16.5. The van der Waals surface area contributed by atoms with E-state index in [4.69, 9.17) is 9.15 Å². The minimum atomic E-state index is -0.160. The predicted octanol–water partition coefficient (Wildman–Crippen LogP) is 4.85. The molecule has 24 heavy (non-hydrogen) atoms. The van der Waals surface area contributed by atoms with Gasteiger partial charge in [-0.1, -0.05) is 18.2 Å².